The van der Waals surface area contributed by atoms with E-state index in [2.05, 4.69) is 5.10 Å². The van der Waals surface area contributed by atoms with Crippen molar-refractivity contribution in [2.24, 2.45) is 10.9 Å². The van der Waals surface area contributed by atoms with Crippen LogP contribution >= 0.6 is 0 Å². The average molecular weight is 198 g/mol. The quantitative estimate of drug-likeness (QED) is 0.459. The normalized spacial score (nSPS) is 11.2. The fourth-order valence-corrected chi connectivity index (χ4v) is 1.47. The number of nitrogens with zero attached hydrogens (tertiary/aromatic N) is 1. The van der Waals surface area contributed by atoms with Gasteiger partial charge in [-0.3, -0.25) is 0 Å². The molecule has 0 bridgehead atoms. The lowest BCUT2D eigenvalue weighted by molar-refractivity contribution is 1.24. The molecule has 0 aliphatic carbocycles. The number of benzene rings is 2. The number of nitrogens with two attached hydrogens (primary N) is 1. The van der Waals surface area contributed by atoms with Gasteiger partial charge in [-0.2, -0.15) is 5.10 Å². The Labute approximate surface area is 92.0 Å². The summed E-state index contributed by atoms with van der Waals surface area (Å²) in [6.45, 7) is 0. The second kappa shape index (κ2) is 4.42. The van der Waals surface area contributed by atoms with Crippen LogP contribution in [-0.4, -0.2) is 5.71 Å². The van der Waals surface area contributed by atoms with Crippen molar-refractivity contribution in [1.29, 1.82) is 0 Å². The molecular formula is C13H12N2. The van der Waals surface area contributed by atoms with E-state index in [4.69, 9.17) is 2.82 Å². The molecular weight excluding hydrogens is 184 g/mol. The summed E-state index contributed by atoms with van der Waals surface area (Å²) in [7, 11) is 0. The molecule has 0 heterocycles. The highest BCUT2D eigenvalue weighted by Crippen LogP contribution is 2.09. The molecule has 0 spiro atoms. The number of hydrogen-bond donors (Lipinski definition) is 1. The molecule has 0 atom stereocenters. The third kappa shape index (κ3) is 2.05. The zero-order valence-corrected chi connectivity index (χ0v) is 8.17. The van der Waals surface area contributed by atoms with Crippen LogP contribution in [0.1, 0.15) is 11.1 Å². The molecule has 2 heteroatoms. The first-order valence-electron chi connectivity index (χ1n) is 5.64. The zero-order valence-electron chi connectivity index (χ0n) is 10.2. The summed E-state index contributed by atoms with van der Waals surface area (Å²) in [4.78, 5) is 0. The average Bonchev–Trinajstić information content (AvgIpc) is 2.38. The Bertz CT molecular complexity index is 454. The van der Waals surface area contributed by atoms with Crippen molar-refractivity contribution in [2.75, 3.05) is 0 Å². The van der Waals surface area contributed by atoms with Crippen LogP contribution in [-0.2, 0) is 0 Å². The number of rotatable bonds is 3. The van der Waals surface area contributed by atoms with E-state index >= 15 is 0 Å². The summed E-state index contributed by atoms with van der Waals surface area (Å²) in [5, 5.41) is 3.90. The zero-order chi connectivity index (χ0) is 12.1. The molecule has 0 unspecified atom stereocenters. The molecule has 0 aliphatic rings. The molecule has 2 rings (SSSR count). The molecule has 15 heavy (non-hydrogen) atoms. The van der Waals surface area contributed by atoms with Crippen LogP contribution in [0.2, 0.25) is 2.82 Å². The molecule has 0 aliphatic heterocycles. The minimum absolute atomic E-state index is 0.329. The van der Waals surface area contributed by atoms with Gasteiger partial charge in [0.25, 0.3) is 0 Å². The van der Waals surface area contributed by atoms with Gasteiger partial charge in [0.2, 0.25) is 0 Å². The van der Waals surface area contributed by atoms with Crippen LogP contribution in [0.3, 0.4) is 0 Å². The van der Waals surface area contributed by atoms with Crippen LogP contribution in [0.25, 0.3) is 0 Å². The SMILES string of the molecule is [2H]N([2H])N=C(c1ccccc1)c1ccccc1. The largest absolute Gasteiger partial charge is 0.323 e. The third-order valence-corrected chi connectivity index (χ3v) is 2.19. The van der Waals surface area contributed by atoms with Gasteiger partial charge in [0.05, 0.1) is 5.71 Å². The van der Waals surface area contributed by atoms with Crippen molar-refractivity contribution in [3.05, 3.63) is 71.8 Å². The topological polar surface area (TPSA) is 38.4 Å². The van der Waals surface area contributed by atoms with Gasteiger partial charge >= 0.3 is 0 Å². The smallest absolute Gasteiger partial charge is 0.179 e. The van der Waals surface area contributed by atoms with E-state index in [0.29, 0.717) is 11.5 Å². The number of hydrogen-bond acceptors (Lipinski definition) is 2. The van der Waals surface area contributed by atoms with Gasteiger partial charge in [-0.05, 0) is 0 Å². The predicted molar refractivity (Wildman–Crippen MR) is 62.7 cm³/mol. The lowest BCUT2D eigenvalue weighted by atomic mass is 10.0. The first-order valence-corrected chi connectivity index (χ1v) is 4.74. The van der Waals surface area contributed by atoms with Crippen LogP contribution in [0.4, 0.5) is 0 Å². The minimum atomic E-state index is 0.329. The van der Waals surface area contributed by atoms with Gasteiger partial charge in [-0.25, -0.2) is 0 Å². The number of hydrazone groups is 1. The van der Waals surface area contributed by atoms with Gasteiger partial charge in [0.15, 0.2) is 2.82 Å². The van der Waals surface area contributed by atoms with E-state index < -0.39 is 0 Å². The Morgan fingerprint density at radius 2 is 1.33 bits per heavy atom. The van der Waals surface area contributed by atoms with Crippen molar-refractivity contribution >= 4 is 5.71 Å². The monoisotopic (exact) mass is 198 g/mol. The summed E-state index contributed by atoms with van der Waals surface area (Å²) in [5.41, 5.74) is 2.41. The Hall–Kier alpha value is -2.09. The Balaban J connectivity index is 2.47. The van der Waals surface area contributed by atoms with Gasteiger partial charge in [0, 0.05) is 11.1 Å². The molecule has 0 aromatic heterocycles. The van der Waals surface area contributed by atoms with Crippen LogP contribution in [0.5, 0.6) is 0 Å². The molecule has 2 N–H and O–H groups in total. The highest BCUT2D eigenvalue weighted by Gasteiger charge is 2.04. The van der Waals surface area contributed by atoms with E-state index in [0.717, 1.165) is 11.1 Å². The maximum Gasteiger partial charge on any atom is 0.179 e. The fourth-order valence-electron chi connectivity index (χ4n) is 1.47. The van der Waals surface area contributed by atoms with Crippen molar-refractivity contribution < 1.29 is 2.82 Å². The van der Waals surface area contributed by atoms with Gasteiger partial charge in [0.1, 0.15) is 0 Å². The van der Waals surface area contributed by atoms with Crippen molar-refractivity contribution in [1.82, 2.24) is 0 Å². The Kier molecular flexibility index (Phi) is 2.13. The maximum atomic E-state index is 7.12. The summed E-state index contributed by atoms with van der Waals surface area (Å²) in [6, 6.07) is 19.1. The molecule has 0 amide bonds. The van der Waals surface area contributed by atoms with Crippen molar-refractivity contribution in [2.45, 2.75) is 0 Å². The first kappa shape index (κ1) is 7.23. The summed E-state index contributed by atoms with van der Waals surface area (Å²) in [6.07, 6.45) is 0. The molecule has 0 fully saturated rings. The second-order valence-electron chi connectivity index (χ2n) is 3.18. The molecule has 0 radical (unpaired) electrons. The minimum Gasteiger partial charge on any atom is -0.323 e. The van der Waals surface area contributed by atoms with Crippen LogP contribution in [0, 0.1) is 0 Å². The summed E-state index contributed by atoms with van der Waals surface area (Å²) < 4.78 is 14.2. The third-order valence-electron chi connectivity index (χ3n) is 2.19. The summed E-state index contributed by atoms with van der Waals surface area (Å²) >= 11 is 0. The lowest BCUT2D eigenvalue weighted by Crippen LogP contribution is -2.05. The van der Waals surface area contributed by atoms with Crippen molar-refractivity contribution in [3.8, 4) is 0 Å². The van der Waals surface area contributed by atoms with E-state index in [1.807, 2.05) is 60.7 Å². The molecule has 2 nitrogen and oxygen atoms in total. The van der Waals surface area contributed by atoms with Gasteiger partial charge in [-0.1, -0.05) is 60.7 Å². The molecule has 0 saturated heterocycles. The first-order chi connectivity index (χ1) is 8.27. The Morgan fingerprint density at radius 3 is 1.73 bits per heavy atom. The highest BCUT2D eigenvalue weighted by molar-refractivity contribution is 6.12. The second-order valence-corrected chi connectivity index (χ2v) is 3.18. The van der Waals surface area contributed by atoms with Gasteiger partial charge < -0.3 is 5.83 Å². The lowest BCUT2D eigenvalue weighted by Gasteiger charge is -2.04. The fraction of sp³-hybridized carbons (Fsp3) is 0. The standard InChI is InChI=1S/C13H12N2/c14-15-13(11-7-3-1-4-8-11)12-9-5-2-6-10-12/h1-10H,14H2/i/hD2. The van der Waals surface area contributed by atoms with E-state index in [9.17, 15) is 0 Å². The van der Waals surface area contributed by atoms with E-state index in [1.165, 1.54) is 0 Å². The van der Waals surface area contributed by atoms with Crippen LogP contribution < -0.4 is 5.83 Å². The molecule has 2 aromatic carbocycles. The maximum absolute atomic E-state index is 7.12. The van der Waals surface area contributed by atoms with Gasteiger partial charge in [-0.15, -0.1) is 0 Å². The highest BCUT2D eigenvalue weighted by atomic mass is 15.1. The van der Waals surface area contributed by atoms with E-state index in [1.54, 1.807) is 0 Å². The van der Waals surface area contributed by atoms with E-state index in [-0.39, 0.29) is 0 Å². The molecule has 0 saturated carbocycles. The van der Waals surface area contributed by atoms with Crippen LogP contribution in [0.15, 0.2) is 65.8 Å². The predicted octanol–water partition coefficient (Wildman–Crippen LogP) is 2.40. The molecule has 74 valence electrons. The Morgan fingerprint density at radius 1 is 0.867 bits per heavy atom. The summed E-state index contributed by atoms with van der Waals surface area (Å²) in [5.74, 6) is 0.329. The molecule has 2 aromatic rings. The van der Waals surface area contributed by atoms with Crippen molar-refractivity contribution in [3.63, 3.8) is 0 Å².